The van der Waals surface area contributed by atoms with Gasteiger partial charge in [0.15, 0.2) is 5.96 Å². The van der Waals surface area contributed by atoms with Crippen molar-refractivity contribution >= 4 is 23.7 Å². The molecular formula is C14H29N7O4. The lowest BCUT2D eigenvalue weighted by Gasteiger charge is -2.21. The lowest BCUT2D eigenvalue weighted by atomic mass is 10.1. The van der Waals surface area contributed by atoms with Crippen molar-refractivity contribution in [1.29, 1.82) is 0 Å². The van der Waals surface area contributed by atoms with Gasteiger partial charge in [0.1, 0.15) is 12.1 Å². The molecule has 0 spiro atoms. The van der Waals surface area contributed by atoms with Crippen molar-refractivity contribution in [1.82, 2.24) is 10.6 Å². The van der Waals surface area contributed by atoms with E-state index in [2.05, 4.69) is 15.6 Å². The number of carboxylic acid groups (broad SMARTS) is 1. The van der Waals surface area contributed by atoms with Gasteiger partial charge >= 0.3 is 5.97 Å². The van der Waals surface area contributed by atoms with Crippen molar-refractivity contribution in [2.24, 2.45) is 27.9 Å². The summed E-state index contributed by atoms with van der Waals surface area (Å²) in [4.78, 5) is 38.8. The van der Waals surface area contributed by atoms with E-state index in [-0.39, 0.29) is 25.5 Å². The van der Waals surface area contributed by atoms with Gasteiger partial charge in [-0.2, -0.15) is 0 Å². The molecule has 0 aliphatic rings. The lowest BCUT2D eigenvalue weighted by molar-refractivity contribution is -0.142. The smallest absolute Gasteiger partial charge is 0.326 e. The minimum atomic E-state index is -1.18. The third-order valence-corrected chi connectivity index (χ3v) is 3.34. The van der Waals surface area contributed by atoms with Gasteiger partial charge in [-0.3, -0.25) is 14.6 Å². The van der Waals surface area contributed by atoms with E-state index in [4.69, 9.17) is 22.9 Å². The predicted molar refractivity (Wildman–Crippen MR) is 93.4 cm³/mol. The molecule has 0 rings (SSSR count). The second kappa shape index (κ2) is 13.0. The third kappa shape index (κ3) is 10.9. The zero-order chi connectivity index (χ0) is 19.2. The first-order chi connectivity index (χ1) is 11.8. The molecule has 0 bridgehead atoms. The van der Waals surface area contributed by atoms with E-state index >= 15 is 0 Å². The summed E-state index contributed by atoms with van der Waals surface area (Å²) in [5.74, 6) is -2.33. The van der Waals surface area contributed by atoms with Crippen LogP contribution in [0.5, 0.6) is 0 Å². The highest BCUT2D eigenvalue weighted by Gasteiger charge is 2.25. The van der Waals surface area contributed by atoms with E-state index in [0.29, 0.717) is 32.2 Å². The first-order valence-corrected chi connectivity index (χ1v) is 8.09. The number of rotatable bonds is 13. The van der Waals surface area contributed by atoms with Crippen LogP contribution in [0.3, 0.4) is 0 Å². The summed E-state index contributed by atoms with van der Waals surface area (Å²) in [6, 6.07) is -1.96. The van der Waals surface area contributed by atoms with Gasteiger partial charge in [-0.15, -0.1) is 0 Å². The van der Waals surface area contributed by atoms with Crippen molar-refractivity contribution in [3.63, 3.8) is 0 Å². The number of nitrogens with zero attached hydrogens (tertiary/aromatic N) is 1. The third-order valence-electron chi connectivity index (χ3n) is 3.34. The number of aliphatic carboxylic acids is 1. The fourth-order valence-corrected chi connectivity index (χ4v) is 2.05. The summed E-state index contributed by atoms with van der Waals surface area (Å²) in [5.41, 5.74) is 21.0. The number of amides is 2. The average molecular weight is 359 g/mol. The molecule has 0 aromatic heterocycles. The maximum absolute atomic E-state index is 12.3. The molecule has 0 aromatic carbocycles. The molecule has 0 saturated heterocycles. The number of unbranched alkanes of at least 4 members (excludes halogenated alkanes) is 1. The molecule has 0 aliphatic carbocycles. The number of nitrogens with one attached hydrogen (secondary N) is 2. The molecule has 25 heavy (non-hydrogen) atoms. The van der Waals surface area contributed by atoms with Crippen LogP contribution >= 0.6 is 0 Å². The van der Waals surface area contributed by atoms with E-state index in [0.717, 1.165) is 0 Å². The maximum atomic E-state index is 12.3. The number of hydrogen-bond donors (Lipinski definition) is 7. The Kier molecular flexibility index (Phi) is 11.7. The number of carbonyl (C=O) groups is 3. The standard InChI is InChI=1S/C14H29N7O4/c15-6-2-1-4-9(20-11(22)8-16)12(23)21-10(13(24)25)5-3-7-19-14(17)18/h9-10H,1-8,15-16H2,(H,20,22)(H,21,23)(H,24,25)(H4,17,18,19). The van der Waals surface area contributed by atoms with Crippen LogP contribution in [0.1, 0.15) is 32.1 Å². The Morgan fingerprint density at radius 3 is 2.12 bits per heavy atom. The van der Waals surface area contributed by atoms with Crippen LogP contribution in [-0.2, 0) is 14.4 Å². The summed E-state index contributed by atoms with van der Waals surface area (Å²) in [6.45, 7) is 0.453. The van der Waals surface area contributed by atoms with E-state index < -0.39 is 29.9 Å². The van der Waals surface area contributed by atoms with Gasteiger partial charge in [-0.1, -0.05) is 0 Å². The van der Waals surface area contributed by atoms with Crippen molar-refractivity contribution in [3.8, 4) is 0 Å². The molecule has 0 aliphatic heterocycles. The second-order valence-electron chi connectivity index (χ2n) is 5.46. The van der Waals surface area contributed by atoms with E-state index in [1.807, 2.05) is 0 Å². The molecule has 2 unspecified atom stereocenters. The molecule has 11 N–H and O–H groups in total. The minimum absolute atomic E-state index is 0.0830. The summed E-state index contributed by atoms with van der Waals surface area (Å²) in [5, 5.41) is 14.1. The summed E-state index contributed by atoms with van der Waals surface area (Å²) >= 11 is 0. The van der Waals surface area contributed by atoms with Gasteiger partial charge in [-0.25, -0.2) is 4.79 Å². The fourth-order valence-electron chi connectivity index (χ4n) is 2.05. The quantitative estimate of drug-likeness (QED) is 0.103. The maximum Gasteiger partial charge on any atom is 0.326 e. The van der Waals surface area contributed by atoms with Gasteiger partial charge in [0, 0.05) is 6.54 Å². The minimum Gasteiger partial charge on any atom is -0.480 e. The largest absolute Gasteiger partial charge is 0.480 e. The van der Waals surface area contributed by atoms with Crippen LogP contribution in [0.25, 0.3) is 0 Å². The van der Waals surface area contributed by atoms with E-state index in [1.165, 1.54) is 0 Å². The summed E-state index contributed by atoms with van der Waals surface area (Å²) in [6.07, 6.45) is 2.17. The van der Waals surface area contributed by atoms with Gasteiger partial charge < -0.3 is 38.7 Å². The zero-order valence-corrected chi connectivity index (χ0v) is 14.2. The summed E-state index contributed by atoms with van der Waals surface area (Å²) < 4.78 is 0. The normalized spacial score (nSPS) is 12.7. The molecule has 144 valence electrons. The molecule has 0 aromatic rings. The first kappa shape index (κ1) is 22.6. The molecule has 0 radical (unpaired) electrons. The lowest BCUT2D eigenvalue weighted by Crippen LogP contribution is -2.52. The van der Waals surface area contributed by atoms with Gasteiger partial charge in [-0.05, 0) is 38.6 Å². The van der Waals surface area contributed by atoms with Gasteiger partial charge in [0.05, 0.1) is 6.54 Å². The monoisotopic (exact) mass is 359 g/mol. The molecule has 11 heteroatoms. The Labute approximate surface area is 146 Å². The SMILES string of the molecule is NCCCCC(NC(=O)CN)C(=O)NC(CCCN=C(N)N)C(=O)O. The van der Waals surface area contributed by atoms with Crippen LogP contribution in [0.2, 0.25) is 0 Å². The number of carboxylic acids is 1. The van der Waals surface area contributed by atoms with Gasteiger partial charge in [0.25, 0.3) is 0 Å². The Morgan fingerprint density at radius 2 is 1.60 bits per heavy atom. The van der Waals surface area contributed by atoms with Crippen LogP contribution in [0.15, 0.2) is 4.99 Å². The highest BCUT2D eigenvalue weighted by molar-refractivity contribution is 5.90. The molecule has 0 fully saturated rings. The number of hydrogen-bond acceptors (Lipinski definition) is 6. The Morgan fingerprint density at radius 1 is 0.960 bits per heavy atom. The average Bonchev–Trinajstić information content (AvgIpc) is 2.55. The summed E-state index contributed by atoms with van der Waals surface area (Å²) in [7, 11) is 0. The number of guanidine groups is 1. The van der Waals surface area contributed by atoms with Gasteiger partial charge in [0.2, 0.25) is 11.8 Å². The highest BCUT2D eigenvalue weighted by Crippen LogP contribution is 2.04. The molecule has 0 heterocycles. The predicted octanol–water partition coefficient (Wildman–Crippen LogP) is -2.82. The topological polar surface area (TPSA) is 212 Å². The molecule has 2 atom stereocenters. The Bertz CT molecular complexity index is 466. The number of carbonyl (C=O) groups excluding carboxylic acids is 2. The van der Waals surface area contributed by atoms with Crippen molar-refractivity contribution < 1.29 is 19.5 Å². The second-order valence-corrected chi connectivity index (χ2v) is 5.46. The number of nitrogens with two attached hydrogens (primary N) is 4. The van der Waals surface area contributed by atoms with Crippen LogP contribution in [0.4, 0.5) is 0 Å². The van der Waals surface area contributed by atoms with Crippen LogP contribution in [-0.4, -0.2) is 60.6 Å². The molecule has 2 amide bonds. The zero-order valence-electron chi connectivity index (χ0n) is 14.2. The fraction of sp³-hybridized carbons (Fsp3) is 0.714. The van der Waals surface area contributed by atoms with Crippen molar-refractivity contribution in [2.45, 2.75) is 44.2 Å². The molecular weight excluding hydrogens is 330 g/mol. The highest BCUT2D eigenvalue weighted by atomic mass is 16.4. The van der Waals surface area contributed by atoms with Crippen molar-refractivity contribution in [3.05, 3.63) is 0 Å². The van der Waals surface area contributed by atoms with Crippen LogP contribution < -0.4 is 33.6 Å². The van der Waals surface area contributed by atoms with E-state index in [9.17, 15) is 19.5 Å². The van der Waals surface area contributed by atoms with E-state index in [1.54, 1.807) is 0 Å². The first-order valence-electron chi connectivity index (χ1n) is 8.09. The van der Waals surface area contributed by atoms with Crippen LogP contribution in [0, 0.1) is 0 Å². The van der Waals surface area contributed by atoms with Crippen molar-refractivity contribution in [2.75, 3.05) is 19.6 Å². The molecule has 0 saturated carbocycles. The Hall–Kier alpha value is -2.40. The molecule has 11 nitrogen and oxygen atoms in total. The number of aliphatic imine (C=N–C) groups is 1. The Balaban J connectivity index is 4.72.